The number of anilines is 3. The van der Waals surface area contributed by atoms with Crippen LogP contribution in [0, 0.1) is 45.6 Å². The SMILES string of the molecule is CC(C)(C)OC(=O)N1CCC(NCC(=O)Nc2ccc(F)c(Cl)c2)(c2ccc(-c3cccc(C#N)c3)cc2)CC1.N#Cc1cccc(-c2ccc(C3(NCC(=O)Nc4ccc(F)c(Cl)c4)CCNCC3)cc2)c1.N#Cc1cccc(-c2ccc(C3(OCC(=O)Nc4cc(Cl)cc(Cl)c4)CCN(Cc4cccc(Cl)c4)CC3)cc2)c1. The molecule has 0 bridgehead atoms. The zero-order chi connectivity index (χ0) is 81.0. The lowest BCUT2D eigenvalue weighted by Crippen LogP contribution is -2.54. The zero-order valence-electron chi connectivity index (χ0n) is 63.0. The average Bonchev–Trinajstić information content (AvgIpc) is 0.783. The van der Waals surface area contributed by atoms with Crippen LogP contribution in [0.3, 0.4) is 0 Å². The second-order valence-corrected chi connectivity index (χ2v) is 31.3. The van der Waals surface area contributed by atoms with Gasteiger partial charge in [-0.3, -0.25) is 29.9 Å². The molecule has 10 aromatic carbocycles. The first-order valence-electron chi connectivity index (χ1n) is 37.2. The number of amides is 4. The number of nitriles is 3. The highest BCUT2D eigenvalue weighted by molar-refractivity contribution is 6.35. The molecule has 24 heteroatoms. The van der Waals surface area contributed by atoms with E-state index in [4.69, 9.17) is 72.7 Å². The molecule has 3 fully saturated rings. The fraction of sp³-hybridized carbons (Fsp3) is 0.256. The summed E-state index contributed by atoms with van der Waals surface area (Å²) in [5.74, 6) is -1.89. The van der Waals surface area contributed by atoms with E-state index in [2.05, 4.69) is 97.5 Å². The van der Waals surface area contributed by atoms with E-state index in [1.165, 1.54) is 36.4 Å². The quantitative estimate of drug-likeness (QED) is 0.0417. The van der Waals surface area contributed by atoms with E-state index in [0.29, 0.717) is 82.6 Å². The Bertz CT molecular complexity index is 5180. The van der Waals surface area contributed by atoms with Gasteiger partial charge >= 0.3 is 6.09 Å². The number of carbonyl (C=O) groups excluding carboxylic acids is 4. The van der Waals surface area contributed by atoms with Crippen LogP contribution < -0.4 is 31.9 Å². The van der Waals surface area contributed by atoms with Crippen molar-refractivity contribution in [2.45, 2.75) is 88.1 Å². The largest absolute Gasteiger partial charge is 0.444 e. The van der Waals surface area contributed by atoms with E-state index < -0.39 is 28.4 Å². The summed E-state index contributed by atoms with van der Waals surface area (Å²) in [6.07, 6.45) is 3.87. The number of nitrogens with one attached hydrogen (secondary N) is 6. The van der Waals surface area contributed by atoms with Crippen molar-refractivity contribution in [3.63, 3.8) is 0 Å². The summed E-state index contributed by atoms with van der Waals surface area (Å²) in [4.78, 5) is 55.1. The molecule has 4 amide bonds. The fourth-order valence-electron chi connectivity index (χ4n) is 14.2. The zero-order valence-corrected chi connectivity index (χ0v) is 66.8. The van der Waals surface area contributed by atoms with Gasteiger partial charge in [-0.2, -0.15) is 15.8 Å². The molecule has 584 valence electrons. The van der Waals surface area contributed by atoms with Crippen LogP contribution in [0.4, 0.5) is 30.6 Å². The molecule has 0 saturated carbocycles. The Labute approximate surface area is 688 Å². The number of ether oxygens (including phenoxy) is 2. The van der Waals surface area contributed by atoms with Crippen molar-refractivity contribution in [1.29, 1.82) is 15.8 Å². The lowest BCUT2D eigenvalue weighted by atomic mass is 9.80. The fourth-order valence-corrected chi connectivity index (χ4v) is 15.3. The van der Waals surface area contributed by atoms with Crippen molar-refractivity contribution in [3.8, 4) is 51.6 Å². The Kier molecular flexibility index (Phi) is 28.9. The number of halogens is 7. The maximum atomic E-state index is 13.5. The molecule has 17 nitrogen and oxygen atoms in total. The highest BCUT2D eigenvalue weighted by atomic mass is 35.5. The lowest BCUT2D eigenvalue weighted by Gasteiger charge is -2.43. The molecule has 0 radical (unpaired) electrons. The van der Waals surface area contributed by atoms with Crippen molar-refractivity contribution in [2.24, 2.45) is 0 Å². The molecule has 0 aromatic heterocycles. The Morgan fingerprint density at radius 1 is 0.456 bits per heavy atom. The minimum absolute atomic E-state index is 0.00655. The molecule has 3 heterocycles. The molecule has 3 saturated heterocycles. The summed E-state index contributed by atoms with van der Waals surface area (Å²) < 4.78 is 38.9. The first-order chi connectivity index (χ1) is 54.8. The Balaban J connectivity index is 0.000000170. The molecule has 10 aromatic rings. The van der Waals surface area contributed by atoms with Gasteiger partial charge in [0.05, 0.1) is 63.6 Å². The smallest absolute Gasteiger partial charge is 0.410 e. The van der Waals surface area contributed by atoms with Crippen molar-refractivity contribution >= 4 is 98.9 Å². The molecule has 13 rings (SSSR count). The molecular weight excluding hydrogens is 1550 g/mol. The number of carbonyl (C=O) groups is 4. The second-order valence-electron chi connectivity index (χ2n) is 29.1. The van der Waals surface area contributed by atoms with E-state index in [-0.39, 0.29) is 59.1 Å². The summed E-state index contributed by atoms with van der Waals surface area (Å²) in [7, 11) is 0. The van der Waals surface area contributed by atoms with Gasteiger partial charge in [0.1, 0.15) is 23.8 Å². The topological polar surface area (TPSA) is 237 Å². The first-order valence-corrected chi connectivity index (χ1v) is 39.1. The van der Waals surface area contributed by atoms with Gasteiger partial charge in [-0.15, -0.1) is 0 Å². The average molecular weight is 1630 g/mol. The molecule has 3 aliphatic rings. The van der Waals surface area contributed by atoms with Crippen LogP contribution >= 0.6 is 58.0 Å². The van der Waals surface area contributed by atoms with Crippen molar-refractivity contribution < 1.29 is 37.4 Å². The van der Waals surface area contributed by atoms with E-state index in [9.17, 15) is 38.5 Å². The second kappa shape index (κ2) is 39.0. The van der Waals surface area contributed by atoms with Crippen LogP contribution in [0.5, 0.6) is 0 Å². The summed E-state index contributed by atoms with van der Waals surface area (Å²) >= 11 is 30.0. The van der Waals surface area contributed by atoms with Crippen LogP contribution in [-0.4, -0.2) is 98.2 Å². The summed E-state index contributed by atoms with van der Waals surface area (Å²) in [6, 6.07) is 74.5. The number of hydrogen-bond acceptors (Lipinski definition) is 13. The summed E-state index contributed by atoms with van der Waals surface area (Å²) in [6.45, 7) is 10.5. The van der Waals surface area contributed by atoms with Gasteiger partial charge < -0.3 is 35.6 Å². The number of hydrogen-bond donors (Lipinski definition) is 6. The maximum Gasteiger partial charge on any atom is 0.410 e. The van der Waals surface area contributed by atoms with Crippen LogP contribution in [-0.2, 0) is 47.1 Å². The van der Waals surface area contributed by atoms with E-state index in [0.717, 1.165) is 106 Å². The van der Waals surface area contributed by atoms with Gasteiger partial charge in [0.25, 0.3) is 0 Å². The number of nitrogens with zero attached hydrogens (tertiary/aromatic N) is 5. The molecule has 3 aliphatic heterocycles. The van der Waals surface area contributed by atoms with Crippen LogP contribution in [0.2, 0.25) is 25.1 Å². The number of rotatable bonds is 20. The van der Waals surface area contributed by atoms with Gasteiger partial charge in [0.2, 0.25) is 17.7 Å². The minimum Gasteiger partial charge on any atom is -0.444 e. The molecule has 0 atom stereocenters. The highest BCUT2D eigenvalue weighted by Crippen LogP contribution is 2.41. The van der Waals surface area contributed by atoms with Gasteiger partial charge in [-0.1, -0.05) is 179 Å². The molecule has 114 heavy (non-hydrogen) atoms. The summed E-state index contributed by atoms with van der Waals surface area (Å²) in [5.41, 5.74) is 11.2. The Hall–Kier alpha value is -10.5. The Morgan fingerprint density at radius 3 is 1.32 bits per heavy atom. The standard InChI is InChI=1S/C33H28Cl3N3O2.C31H32ClFN4O3.C26H24ClFN4O/c34-28-6-2-4-24(16-28)21-39-13-11-33(12-14-39,41-22-32(40)38-31-18-29(35)17-30(36)19-31)27-9-7-25(8-10-27)26-5-1-3-23(15-26)20-37;1-30(2,3)40-29(39)37-15-13-31(14-16-37,35-20-28(38)36-25-11-12-27(33)26(32)18-25)24-9-7-22(8-10-24)23-6-4-5-21(17-23)19-34;27-23-15-22(8-9-24(23)28)32-25(33)17-31-26(10-12-30-13-11-26)21-6-4-19(5-7-21)20-3-1-2-18(14-20)16-29/h1-10,15-19H,11-14,21-22H2,(H,38,40);4-12,17-18,35H,13-16,20H2,1-3H3,(H,36,38);1-9,14-15,30-31H,10-13,17H2,(H,32,33). The van der Waals surface area contributed by atoms with Gasteiger partial charge in [-0.25, -0.2) is 13.6 Å². The molecule has 0 spiro atoms. The normalized spacial score (nSPS) is 14.8. The number of likely N-dealkylation sites (tertiary alicyclic amines) is 2. The lowest BCUT2D eigenvalue weighted by molar-refractivity contribution is -0.135. The van der Waals surface area contributed by atoms with E-state index in [1.807, 2.05) is 130 Å². The maximum absolute atomic E-state index is 13.5. The number of piperidine rings is 3. The monoisotopic (exact) mass is 1630 g/mol. The molecular formula is C90H84Cl5F2N11O6. The molecule has 0 aliphatic carbocycles. The van der Waals surface area contributed by atoms with Crippen LogP contribution in [0.25, 0.3) is 33.4 Å². The van der Waals surface area contributed by atoms with E-state index in [1.54, 1.807) is 41.3 Å². The van der Waals surface area contributed by atoms with Crippen LogP contribution in [0.1, 0.15) is 98.2 Å². The van der Waals surface area contributed by atoms with Gasteiger partial charge in [0, 0.05) is 75.9 Å². The summed E-state index contributed by atoms with van der Waals surface area (Å²) in [5, 5.41) is 47.8. The predicted molar refractivity (Wildman–Crippen MR) is 447 cm³/mol. The van der Waals surface area contributed by atoms with E-state index >= 15 is 0 Å². The Morgan fingerprint density at radius 2 is 0.886 bits per heavy atom. The van der Waals surface area contributed by atoms with Crippen molar-refractivity contribution in [2.75, 3.05) is 74.9 Å². The van der Waals surface area contributed by atoms with Crippen LogP contribution in [0.15, 0.2) is 224 Å². The third kappa shape index (κ3) is 23.1. The van der Waals surface area contributed by atoms with Crippen molar-refractivity contribution in [1.82, 2.24) is 25.8 Å². The first kappa shape index (κ1) is 84.4. The number of benzene rings is 10. The third-order valence-electron chi connectivity index (χ3n) is 20.2. The highest BCUT2D eigenvalue weighted by Gasteiger charge is 2.41. The van der Waals surface area contributed by atoms with Gasteiger partial charge in [-0.05, 0) is 231 Å². The third-order valence-corrected chi connectivity index (χ3v) is 21.4. The molecule has 0 unspecified atom stereocenters. The minimum atomic E-state index is -0.638. The van der Waals surface area contributed by atoms with Gasteiger partial charge in [0.15, 0.2) is 0 Å². The molecule has 6 N–H and O–H groups in total. The van der Waals surface area contributed by atoms with Crippen molar-refractivity contribution in [3.05, 3.63) is 300 Å². The predicted octanol–water partition coefficient (Wildman–Crippen LogP) is 19.6.